The number of nitrogens with zero attached hydrogens (tertiary/aromatic N) is 2. The van der Waals surface area contributed by atoms with Crippen LogP contribution in [0.1, 0.15) is 34.1 Å². The van der Waals surface area contributed by atoms with Gasteiger partial charge in [-0.2, -0.15) is 0 Å². The Morgan fingerprint density at radius 1 is 1.29 bits per heavy atom. The van der Waals surface area contributed by atoms with E-state index in [-0.39, 0.29) is 5.91 Å². The Labute approximate surface area is 105 Å². The molecule has 4 nitrogen and oxygen atoms in total. The molecule has 1 rings (SSSR count). The predicted molar refractivity (Wildman–Crippen MR) is 70.7 cm³/mol. The maximum atomic E-state index is 12.2. The molecule has 100 valence electrons. The highest BCUT2D eigenvalue weighted by molar-refractivity contribution is 5.85. The topological polar surface area (TPSA) is 49.6 Å². The summed E-state index contributed by atoms with van der Waals surface area (Å²) in [6.07, 6.45) is 0.693. The molecule has 2 N–H and O–H groups in total. The standard InChI is InChI=1S/C13H27N3O/c1-5-13(4,14)12(17)16-8-6-15(7-9-16)10-11(2)3/h11H,5-10,14H2,1-4H3. The van der Waals surface area contributed by atoms with Crippen LogP contribution in [-0.2, 0) is 4.79 Å². The van der Waals surface area contributed by atoms with Crippen LogP contribution in [0.15, 0.2) is 0 Å². The van der Waals surface area contributed by atoms with Crippen molar-refractivity contribution in [2.45, 2.75) is 39.7 Å². The number of amides is 1. The van der Waals surface area contributed by atoms with Gasteiger partial charge in [0.2, 0.25) is 5.91 Å². The fraction of sp³-hybridized carbons (Fsp3) is 0.923. The Morgan fingerprint density at radius 2 is 1.82 bits per heavy atom. The average molecular weight is 241 g/mol. The molecule has 1 amide bonds. The molecule has 0 aromatic carbocycles. The second-order valence-electron chi connectivity index (χ2n) is 5.76. The summed E-state index contributed by atoms with van der Waals surface area (Å²) in [5.74, 6) is 0.789. The van der Waals surface area contributed by atoms with Gasteiger partial charge in [-0.15, -0.1) is 0 Å². The smallest absolute Gasteiger partial charge is 0.242 e. The van der Waals surface area contributed by atoms with Crippen molar-refractivity contribution in [3.05, 3.63) is 0 Å². The summed E-state index contributed by atoms with van der Waals surface area (Å²) in [5, 5.41) is 0. The SMILES string of the molecule is CCC(C)(N)C(=O)N1CCN(CC(C)C)CC1. The molecular weight excluding hydrogens is 214 g/mol. The van der Waals surface area contributed by atoms with E-state index in [0.29, 0.717) is 12.3 Å². The number of piperazine rings is 1. The van der Waals surface area contributed by atoms with Gasteiger partial charge in [-0.05, 0) is 19.3 Å². The molecule has 0 bridgehead atoms. The van der Waals surface area contributed by atoms with Crippen LogP contribution in [0.4, 0.5) is 0 Å². The predicted octanol–water partition coefficient (Wildman–Crippen LogP) is 0.914. The highest BCUT2D eigenvalue weighted by Gasteiger charge is 2.32. The minimum Gasteiger partial charge on any atom is -0.339 e. The molecule has 1 atom stereocenters. The summed E-state index contributed by atoms with van der Waals surface area (Å²) < 4.78 is 0. The maximum Gasteiger partial charge on any atom is 0.242 e. The first-order valence-electron chi connectivity index (χ1n) is 6.67. The lowest BCUT2D eigenvalue weighted by Gasteiger charge is -2.38. The summed E-state index contributed by atoms with van der Waals surface area (Å²) in [6, 6.07) is 0. The van der Waals surface area contributed by atoms with Gasteiger partial charge in [0, 0.05) is 32.7 Å². The fourth-order valence-corrected chi connectivity index (χ4v) is 2.16. The monoisotopic (exact) mass is 241 g/mol. The van der Waals surface area contributed by atoms with E-state index in [0.717, 1.165) is 32.7 Å². The van der Waals surface area contributed by atoms with E-state index in [1.165, 1.54) is 0 Å². The molecule has 1 heterocycles. The second-order valence-corrected chi connectivity index (χ2v) is 5.76. The minimum absolute atomic E-state index is 0.101. The van der Waals surface area contributed by atoms with Gasteiger partial charge in [0.05, 0.1) is 5.54 Å². The zero-order valence-corrected chi connectivity index (χ0v) is 11.7. The molecule has 0 aliphatic carbocycles. The van der Waals surface area contributed by atoms with Gasteiger partial charge in [0.1, 0.15) is 0 Å². The van der Waals surface area contributed by atoms with Gasteiger partial charge in [-0.3, -0.25) is 9.69 Å². The van der Waals surface area contributed by atoms with Crippen molar-refractivity contribution >= 4 is 5.91 Å². The van der Waals surface area contributed by atoms with Gasteiger partial charge < -0.3 is 10.6 Å². The lowest BCUT2D eigenvalue weighted by molar-refractivity contribution is -0.138. The molecule has 0 spiro atoms. The number of nitrogens with two attached hydrogens (primary N) is 1. The highest BCUT2D eigenvalue weighted by atomic mass is 16.2. The van der Waals surface area contributed by atoms with Crippen LogP contribution in [0.5, 0.6) is 0 Å². The number of hydrogen-bond acceptors (Lipinski definition) is 3. The zero-order valence-electron chi connectivity index (χ0n) is 11.7. The van der Waals surface area contributed by atoms with Crippen LogP contribution in [0, 0.1) is 5.92 Å². The van der Waals surface area contributed by atoms with Crippen LogP contribution in [0.3, 0.4) is 0 Å². The van der Waals surface area contributed by atoms with Gasteiger partial charge >= 0.3 is 0 Å². The van der Waals surface area contributed by atoms with Crippen molar-refractivity contribution in [2.75, 3.05) is 32.7 Å². The van der Waals surface area contributed by atoms with E-state index in [4.69, 9.17) is 5.73 Å². The van der Waals surface area contributed by atoms with E-state index < -0.39 is 5.54 Å². The van der Waals surface area contributed by atoms with Crippen molar-refractivity contribution in [3.8, 4) is 0 Å². The lowest BCUT2D eigenvalue weighted by atomic mass is 9.98. The summed E-state index contributed by atoms with van der Waals surface area (Å²) in [7, 11) is 0. The van der Waals surface area contributed by atoms with Crippen molar-refractivity contribution < 1.29 is 4.79 Å². The molecule has 0 aromatic rings. The van der Waals surface area contributed by atoms with E-state index in [1.807, 2.05) is 18.7 Å². The third-order valence-electron chi connectivity index (χ3n) is 3.51. The second kappa shape index (κ2) is 5.83. The first-order valence-corrected chi connectivity index (χ1v) is 6.67. The third kappa shape index (κ3) is 3.96. The number of rotatable bonds is 4. The molecule has 4 heteroatoms. The molecule has 1 saturated heterocycles. The molecule has 1 aliphatic rings. The molecule has 1 aliphatic heterocycles. The Bertz CT molecular complexity index is 255. The Morgan fingerprint density at radius 3 is 2.24 bits per heavy atom. The van der Waals surface area contributed by atoms with E-state index in [1.54, 1.807) is 0 Å². The van der Waals surface area contributed by atoms with Crippen LogP contribution >= 0.6 is 0 Å². The molecular formula is C13H27N3O. The minimum atomic E-state index is -0.694. The van der Waals surface area contributed by atoms with Gasteiger partial charge in [0.25, 0.3) is 0 Å². The van der Waals surface area contributed by atoms with Crippen molar-refractivity contribution in [1.82, 2.24) is 9.80 Å². The quantitative estimate of drug-likeness (QED) is 0.796. The molecule has 0 aromatic heterocycles. The Balaban J connectivity index is 2.44. The van der Waals surface area contributed by atoms with E-state index in [9.17, 15) is 4.79 Å². The Kier molecular flexibility index (Phi) is 4.95. The van der Waals surface area contributed by atoms with Crippen molar-refractivity contribution in [3.63, 3.8) is 0 Å². The van der Waals surface area contributed by atoms with Crippen LogP contribution < -0.4 is 5.73 Å². The molecule has 1 fully saturated rings. The summed E-state index contributed by atoms with van der Waals surface area (Å²) in [4.78, 5) is 16.5. The third-order valence-corrected chi connectivity index (χ3v) is 3.51. The maximum absolute atomic E-state index is 12.2. The zero-order chi connectivity index (χ0) is 13.1. The summed E-state index contributed by atoms with van der Waals surface area (Å²) >= 11 is 0. The van der Waals surface area contributed by atoms with Crippen LogP contribution in [0.25, 0.3) is 0 Å². The summed E-state index contributed by atoms with van der Waals surface area (Å²) in [6.45, 7) is 13.0. The number of hydrogen-bond donors (Lipinski definition) is 1. The van der Waals surface area contributed by atoms with E-state index in [2.05, 4.69) is 18.7 Å². The van der Waals surface area contributed by atoms with Crippen molar-refractivity contribution in [1.29, 1.82) is 0 Å². The van der Waals surface area contributed by atoms with Crippen LogP contribution in [0.2, 0.25) is 0 Å². The normalized spacial score (nSPS) is 21.6. The van der Waals surface area contributed by atoms with Gasteiger partial charge in [0.15, 0.2) is 0 Å². The first-order chi connectivity index (χ1) is 7.86. The fourth-order valence-electron chi connectivity index (χ4n) is 2.16. The van der Waals surface area contributed by atoms with Crippen molar-refractivity contribution in [2.24, 2.45) is 11.7 Å². The molecule has 0 radical (unpaired) electrons. The summed E-state index contributed by atoms with van der Waals surface area (Å²) in [5.41, 5.74) is 5.31. The molecule has 0 saturated carbocycles. The average Bonchev–Trinajstić information content (AvgIpc) is 2.28. The van der Waals surface area contributed by atoms with E-state index >= 15 is 0 Å². The van der Waals surface area contributed by atoms with Gasteiger partial charge in [-0.25, -0.2) is 0 Å². The largest absolute Gasteiger partial charge is 0.339 e. The first kappa shape index (κ1) is 14.5. The van der Waals surface area contributed by atoms with Crippen LogP contribution in [-0.4, -0.2) is 54.0 Å². The molecule has 1 unspecified atom stereocenters. The Hall–Kier alpha value is -0.610. The lowest BCUT2D eigenvalue weighted by Crippen LogP contribution is -2.58. The number of carbonyl (C=O) groups excluding carboxylic acids is 1. The number of carbonyl (C=O) groups is 1. The molecule has 17 heavy (non-hydrogen) atoms. The van der Waals surface area contributed by atoms with Gasteiger partial charge in [-0.1, -0.05) is 20.8 Å². The highest BCUT2D eigenvalue weighted by Crippen LogP contribution is 2.13.